The van der Waals surface area contributed by atoms with Gasteiger partial charge in [0.1, 0.15) is 23.7 Å². The van der Waals surface area contributed by atoms with E-state index in [-0.39, 0.29) is 50.1 Å². The van der Waals surface area contributed by atoms with Gasteiger partial charge < -0.3 is 30.0 Å². The molecule has 3 N–H and O–H groups in total. The second kappa shape index (κ2) is 14.3. The number of hydrogen-bond acceptors (Lipinski definition) is 6. The Morgan fingerprint density at radius 1 is 1.08 bits per heavy atom. The lowest BCUT2D eigenvalue weighted by atomic mass is 9.87. The van der Waals surface area contributed by atoms with Crippen molar-refractivity contribution >= 4 is 40.2 Å². The predicted octanol–water partition coefficient (Wildman–Crippen LogP) is 2.99. The molecular weight excluding hydrogens is 587 g/mol. The number of rotatable bonds is 12. The number of ether oxygens (including phenoxy) is 1. The molecule has 1 aliphatic rings. The molecule has 3 rings (SSSR count). The number of halogens is 1. The van der Waals surface area contributed by atoms with Crippen LogP contribution in [-0.4, -0.2) is 64.1 Å². The molecule has 0 unspecified atom stereocenters. The Labute approximate surface area is 230 Å². The number of nitrogens with one attached hydrogen (secondary N) is 1. The number of hydrogen-bond donors (Lipinski definition) is 3. The second-order valence-electron chi connectivity index (χ2n) is 9.01. The molecule has 0 aromatic heterocycles. The molecule has 2 amide bonds. The molecule has 2 aromatic rings. The van der Waals surface area contributed by atoms with Gasteiger partial charge in [-0.2, -0.15) is 0 Å². The topological polar surface area (TPSA) is 116 Å². The van der Waals surface area contributed by atoms with Gasteiger partial charge in [0.2, 0.25) is 11.8 Å². The van der Waals surface area contributed by atoms with Gasteiger partial charge in [-0.15, -0.1) is 0 Å². The zero-order valence-electron chi connectivity index (χ0n) is 20.8. The average molecular weight is 620 g/mol. The molecule has 0 aliphatic heterocycles. The van der Waals surface area contributed by atoms with Gasteiger partial charge in [-0.1, -0.05) is 42.5 Å². The Hall–Kier alpha value is -2.76. The summed E-state index contributed by atoms with van der Waals surface area (Å²) in [6, 6.07) is 16.1. The van der Waals surface area contributed by atoms with Gasteiger partial charge >= 0.3 is 0 Å². The molecule has 0 heterocycles. The third kappa shape index (κ3) is 8.37. The van der Waals surface area contributed by atoms with E-state index in [4.69, 9.17) is 9.84 Å². The van der Waals surface area contributed by atoms with Crippen molar-refractivity contribution in [2.45, 2.75) is 57.4 Å². The first kappa shape index (κ1) is 28.8. The number of carbonyl (C=O) groups excluding carboxylic acids is 3. The molecule has 0 fully saturated rings. The highest BCUT2D eigenvalue weighted by atomic mass is 127. The zero-order valence-corrected chi connectivity index (χ0v) is 23.0. The van der Waals surface area contributed by atoms with E-state index in [2.05, 4.69) is 27.9 Å². The second-order valence-corrected chi connectivity index (χ2v) is 10.2. The van der Waals surface area contributed by atoms with Gasteiger partial charge in [-0.05, 0) is 59.7 Å². The fourth-order valence-corrected chi connectivity index (χ4v) is 4.78. The van der Waals surface area contributed by atoms with Crippen LogP contribution in [0, 0.1) is 3.57 Å². The number of Topliss-reactive ketones (excluding diaryl/α,β-unsaturated/α-hetero) is 1. The van der Waals surface area contributed by atoms with Crippen LogP contribution in [0.25, 0.3) is 0 Å². The molecule has 0 saturated heterocycles. The van der Waals surface area contributed by atoms with Gasteiger partial charge in [-0.25, -0.2) is 0 Å². The maximum atomic E-state index is 13.4. The Balaban J connectivity index is 1.94. The fourth-order valence-electron chi connectivity index (χ4n) is 4.27. The third-order valence-electron chi connectivity index (χ3n) is 6.15. The monoisotopic (exact) mass is 620 g/mol. The van der Waals surface area contributed by atoms with Crippen molar-refractivity contribution in [1.82, 2.24) is 10.2 Å². The van der Waals surface area contributed by atoms with Crippen molar-refractivity contribution in [3.8, 4) is 5.75 Å². The van der Waals surface area contributed by atoms with E-state index in [1.54, 1.807) is 17.0 Å². The Bertz CT molecular complexity index is 1110. The normalized spacial score (nSPS) is 19.0. The summed E-state index contributed by atoms with van der Waals surface area (Å²) >= 11 is 2.14. The van der Waals surface area contributed by atoms with Gasteiger partial charge in [0.15, 0.2) is 0 Å². The molecule has 0 bridgehead atoms. The molecule has 3 atom stereocenters. The van der Waals surface area contributed by atoms with Crippen molar-refractivity contribution in [3.05, 3.63) is 75.4 Å². The van der Waals surface area contributed by atoms with Crippen LogP contribution in [0.5, 0.6) is 5.75 Å². The van der Waals surface area contributed by atoms with Crippen LogP contribution in [0.1, 0.15) is 38.2 Å². The largest absolute Gasteiger partial charge is 0.482 e. The number of aliphatic hydroxyl groups is 2. The van der Waals surface area contributed by atoms with E-state index in [9.17, 15) is 19.5 Å². The van der Waals surface area contributed by atoms with Crippen molar-refractivity contribution in [1.29, 1.82) is 0 Å². The number of carbonyl (C=O) groups is 3. The number of amides is 2. The number of para-hydroxylation sites is 1. The summed E-state index contributed by atoms with van der Waals surface area (Å²) in [7, 11) is 0. The lowest BCUT2D eigenvalue weighted by molar-refractivity contribution is -0.139. The Morgan fingerprint density at radius 3 is 2.46 bits per heavy atom. The molecule has 198 valence electrons. The first-order valence-electron chi connectivity index (χ1n) is 12.3. The van der Waals surface area contributed by atoms with Gasteiger partial charge in [0.05, 0.1) is 16.2 Å². The maximum absolute atomic E-state index is 13.4. The summed E-state index contributed by atoms with van der Waals surface area (Å²) in [5.41, 5.74) is 1.25. The summed E-state index contributed by atoms with van der Waals surface area (Å²) in [6.07, 6.45) is 0.578. The summed E-state index contributed by atoms with van der Waals surface area (Å²) in [5.74, 6) is -0.0245. The molecule has 0 spiro atoms. The van der Waals surface area contributed by atoms with Crippen LogP contribution in [0.4, 0.5) is 0 Å². The number of nitrogens with zero attached hydrogens (tertiary/aromatic N) is 1. The van der Waals surface area contributed by atoms with E-state index in [1.165, 1.54) is 6.92 Å². The van der Waals surface area contributed by atoms with E-state index in [1.807, 2.05) is 48.5 Å². The van der Waals surface area contributed by atoms with Crippen LogP contribution in [0.2, 0.25) is 0 Å². The van der Waals surface area contributed by atoms with Crippen LogP contribution in [0.3, 0.4) is 0 Å². The van der Waals surface area contributed by atoms with Crippen molar-refractivity contribution in [2.24, 2.45) is 0 Å². The molecule has 1 aliphatic carbocycles. The minimum atomic E-state index is -1.11. The predicted molar refractivity (Wildman–Crippen MR) is 148 cm³/mol. The van der Waals surface area contributed by atoms with Crippen molar-refractivity contribution in [3.63, 3.8) is 0 Å². The number of aliphatic hydroxyl groups excluding tert-OH is 2. The minimum absolute atomic E-state index is 0.0109. The van der Waals surface area contributed by atoms with Crippen LogP contribution < -0.4 is 10.1 Å². The Kier molecular flexibility index (Phi) is 11.1. The van der Waals surface area contributed by atoms with E-state index < -0.39 is 18.2 Å². The Morgan fingerprint density at radius 2 is 1.78 bits per heavy atom. The molecular formula is C28H33IN2O6. The van der Waals surface area contributed by atoms with E-state index >= 15 is 0 Å². The highest BCUT2D eigenvalue weighted by molar-refractivity contribution is 14.1. The van der Waals surface area contributed by atoms with Gasteiger partial charge in [0.25, 0.3) is 0 Å². The molecule has 8 nitrogen and oxygen atoms in total. The van der Waals surface area contributed by atoms with Gasteiger partial charge in [-0.3, -0.25) is 9.59 Å². The molecule has 37 heavy (non-hydrogen) atoms. The summed E-state index contributed by atoms with van der Waals surface area (Å²) in [4.78, 5) is 39.4. The van der Waals surface area contributed by atoms with E-state index in [0.29, 0.717) is 24.2 Å². The van der Waals surface area contributed by atoms with E-state index in [0.717, 1.165) is 9.13 Å². The van der Waals surface area contributed by atoms with Crippen molar-refractivity contribution in [2.75, 3.05) is 13.2 Å². The third-order valence-corrected chi connectivity index (χ3v) is 7.04. The summed E-state index contributed by atoms with van der Waals surface area (Å²) in [6.45, 7) is 1.61. The maximum Gasteiger partial charge on any atom is 0.247 e. The first-order chi connectivity index (χ1) is 17.8. The standard InChI is InChI=1S/C28H33IN2O6/c1-19(33)8-7-13-26(34)31(18-20-9-3-2-4-10-20)23-16-21(28(36)30-14-15-32)17-25(27(23)35)37-24-12-6-5-11-22(24)29/h2-6,9-12,17,23,25,27,32,35H,7-8,13-16,18H2,1H3,(H,30,36)/t23-,25+,27+/m1/s1. The SMILES string of the molecule is CC(=O)CCCC(=O)N(Cc1ccccc1)[C@@H]1CC(C(=O)NCCO)=C[C@H](Oc2ccccc2I)[C@H]1O. The smallest absolute Gasteiger partial charge is 0.247 e. The van der Waals surface area contributed by atoms with Crippen LogP contribution >= 0.6 is 22.6 Å². The highest BCUT2D eigenvalue weighted by Gasteiger charge is 2.40. The quantitative estimate of drug-likeness (QED) is 0.315. The molecule has 9 heteroatoms. The van der Waals surface area contributed by atoms with Crippen molar-refractivity contribution < 1.29 is 29.3 Å². The number of benzene rings is 2. The van der Waals surface area contributed by atoms with Crippen LogP contribution in [-0.2, 0) is 20.9 Å². The van der Waals surface area contributed by atoms with Crippen LogP contribution in [0.15, 0.2) is 66.2 Å². The number of ketones is 1. The lowest BCUT2D eigenvalue weighted by Crippen LogP contribution is -2.54. The molecule has 0 saturated carbocycles. The highest BCUT2D eigenvalue weighted by Crippen LogP contribution is 2.30. The minimum Gasteiger partial charge on any atom is -0.482 e. The summed E-state index contributed by atoms with van der Waals surface area (Å²) in [5, 5.41) is 23.3. The lowest BCUT2D eigenvalue weighted by Gasteiger charge is -2.40. The summed E-state index contributed by atoms with van der Waals surface area (Å²) < 4.78 is 7.00. The first-order valence-corrected chi connectivity index (χ1v) is 13.4. The van der Waals surface area contributed by atoms with Gasteiger partial charge in [0, 0.05) is 37.9 Å². The molecule has 0 radical (unpaired) electrons. The fraction of sp³-hybridized carbons (Fsp3) is 0.393. The zero-order chi connectivity index (χ0) is 26.8. The molecule has 2 aromatic carbocycles. The average Bonchev–Trinajstić information content (AvgIpc) is 2.88.